The van der Waals surface area contributed by atoms with Crippen LogP contribution in [-0.4, -0.2) is 29.8 Å². The SMILES string of the molecule is NC(=O)c1cccc(C[C@H]2CCN(C(=O)c3ccc(Cl)cc3)C2)c1. The summed E-state index contributed by atoms with van der Waals surface area (Å²) in [6.07, 6.45) is 1.80. The van der Waals surface area contributed by atoms with Gasteiger partial charge >= 0.3 is 0 Å². The van der Waals surface area contributed by atoms with E-state index in [1.54, 1.807) is 30.3 Å². The number of carbonyl (C=O) groups is 2. The summed E-state index contributed by atoms with van der Waals surface area (Å²) in [5.41, 5.74) is 7.60. The lowest BCUT2D eigenvalue weighted by molar-refractivity contribution is 0.0787. The molecule has 0 spiro atoms. The molecule has 3 rings (SSSR count). The highest BCUT2D eigenvalue weighted by atomic mass is 35.5. The van der Waals surface area contributed by atoms with Gasteiger partial charge in [-0.1, -0.05) is 23.7 Å². The molecule has 0 aromatic heterocycles. The van der Waals surface area contributed by atoms with Gasteiger partial charge in [-0.05, 0) is 60.7 Å². The molecule has 0 unspecified atom stereocenters. The number of halogens is 1. The van der Waals surface area contributed by atoms with Crippen molar-refractivity contribution < 1.29 is 9.59 Å². The molecule has 2 amide bonds. The first-order valence-electron chi connectivity index (χ1n) is 7.96. The zero-order valence-electron chi connectivity index (χ0n) is 13.2. The predicted molar refractivity (Wildman–Crippen MR) is 94.1 cm³/mol. The van der Waals surface area contributed by atoms with Crippen LogP contribution in [0.25, 0.3) is 0 Å². The van der Waals surface area contributed by atoms with E-state index in [0.29, 0.717) is 22.1 Å². The van der Waals surface area contributed by atoms with E-state index in [0.717, 1.165) is 31.5 Å². The topological polar surface area (TPSA) is 63.4 Å². The van der Waals surface area contributed by atoms with Crippen LogP contribution in [0.4, 0.5) is 0 Å². The summed E-state index contributed by atoms with van der Waals surface area (Å²) in [6, 6.07) is 14.4. The van der Waals surface area contributed by atoms with E-state index in [4.69, 9.17) is 17.3 Å². The van der Waals surface area contributed by atoms with Crippen molar-refractivity contribution in [2.75, 3.05) is 13.1 Å². The highest BCUT2D eigenvalue weighted by Gasteiger charge is 2.27. The Hall–Kier alpha value is -2.33. The minimum absolute atomic E-state index is 0.0417. The molecular formula is C19H19ClN2O2. The molecule has 24 heavy (non-hydrogen) atoms. The van der Waals surface area contributed by atoms with Crippen LogP contribution in [0.5, 0.6) is 0 Å². The first-order valence-corrected chi connectivity index (χ1v) is 8.34. The molecule has 0 aliphatic carbocycles. The van der Waals surface area contributed by atoms with E-state index in [1.165, 1.54) is 0 Å². The lowest BCUT2D eigenvalue weighted by atomic mass is 9.97. The molecule has 0 radical (unpaired) electrons. The average Bonchev–Trinajstić information content (AvgIpc) is 3.03. The summed E-state index contributed by atoms with van der Waals surface area (Å²) in [4.78, 5) is 25.7. The second-order valence-electron chi connectivity index (χ2n) is 6.18. The summed E-state index contributed by atoms with van der Waals surface area (Å²) >= 11 is 5.87. The van der Waals surface area contributed by atoms with Crippen LogP contribution in [0, 0.1) is 5.92 Å². The number of rotatable bonds is 4. The third kappa shape index (κ3) is 3.77. The van der Waals surface area contributed by atoms with Gasteiger partial charge < -0.3 is 10.6 Å². The van der Waals surface area contributed by atoms with Crippen molar-refractivity contribution in [1.82, 2.24) is 4.90 Å². The third-order valence-electron chi connectivity index (χ3n) is 4.40. The van der Waals surface area contributed by atoms with Gasteiger partial charge in [0.25, 0.3) is 5.91 Å². The first kappa shape index (κ1) is 16.5. The first-order chi connectivity index (χ1) is 11.5. The van der Waals surface area contributed by atoms with E-state index in [9.17, 15) is 9.59 Å². The van der Waals surface area contributed by atoms with Gasteiger partial charge in [0, 0.05) is 29.2 Å². The Labute approximate surface area is 146 Å². The van der Waals surface area contributed by atoms with E-state index in [1.807, 2.05) is 23.1 Å². The Morgan fingerprint density at radius 3 is 2.58 bits per heavy atom. The van der Waals surface area contributed by atoms with Gasteiger partial charge in [-0.2, -0.15) is 0 Å². The highest BCUT2D eigenvalue weighted by Crippen LogP contribution is 2.23. The number of nitrogens with zero attached hydrogens (tertiary/aromatic N) is 1. The monoisotopic (exact) mass is 342 g/mol. The number of benzene rings is 2. The second kappa shape index (κ2) is 7.05. The Morgan fingerprint density at radius 2 is 1.88 bits per heavy atom. The van der Waals surface area contributed by atoms with Crippen molar-refractivity contribution in [2.24, 2.45) is 11.7 Å². The molecule has 2 aromatic rings. The molecule has 4 nitrogen and oxygen atoms in total. The van der Waals surface area contributed by atoms with Gasteiger partial charge in [-0.3, -0.25) is 9.59 Å². The maximum atomic E-state index is 12.5. The van der Waals surface area contributed by atoms with Crippen molar-refractivity contribution >= 4 is 23.4 Å². The van der Waals surface area contributed by atoms with Gasteiger partial charge in [-0.25, -0.2) is 0 Å². The molecular weight excluding hydrogens is 324 g/mol. The minimum atomic E-state index is -0.414. The van der Waals surface area contributed by atoms with Crippen molar-refractivity contribution in [2.45, 2.75) is 12.8 Å². The third-order valence-corrected chi connectivity index (χ3v) is 4.65. The number of hydrogen-bond acceptors (Lipinski definition) is 2. The summed E-state index contributed by atoms with van der Waals surface area (Å²) in [5.74, 6) is 0.0206. The summed E-state index contributed by atoms with van der Waals surface area (Å²) < 4.78 is 0. The van der Waals surface area contributed by atoms with Gasteiger partial charge in [0.05, 0.1) is 0 Å². The van der Waals surface area contributed by atoms with Gasteiger partial charge in [-0.15, -0.1) is 0 Å². The van der Waals surface area contributed by atoms with Crippen LogP contribution in [0.1, 0.15) is 32.7 Å². The van der Waals surface area contributed by atoms with Gasteiger partial charge in [0.15, 0.2) is 0 Å². The molecule has 1 aliphatic heterocycles. The van der Waals surface area contributed by atoms with Crippen LogP contribution in [-0.2, 0) is 6.42 Å². The maximum Gasteiger partial charge on any atom is 0.253 e. The highest BCUT2D eigenvalue weighted by molar-refractivity contribution is 6.30. The van der Waals surface area contributed by atoms with Gasteiger partial charge in [0.2, 0.25) is 5.91 Å². The van der Waals surface area contributed by atoms with Crippen LogP contribution < -0.4 is 5.73 Å². The van der Waals surface area contributed by atoms with Crippen molar-refractivity contribution in [1.29, 1.82) is 0 Å². The quantitative estimate of drug-likeness (QED) is 0.927. The zero-order chi connectivity index (χ0) is 17.1. The molecule has 124 valence electrons. The molecule has 2 N–H and O–H groups in total. The minimum Gasteiger partial charge on any atom is -0.366 e. The molecule has 1 saturated heterocycles. The lowest BCUT2D eigenvalue weighted by Crippen LogP contribution is -2.28. The Balaban J connectivity index is 1.63. The smallest absolute Gasteiger partial charge is 0.253 e. The fraction of sp³-hybridized carbons (Fsp3) is 0.263. The van der Waals surface area contributed by atoms with Gasteiger partial charge in [0.1, 0.15) is 0 Å². The van der Waals surface area contributed by atoms with Crippen LogP contribution in [0.2, 0.25) is 5.02 Å². The normalized spacial score (nSPS) is 17.0. The van der Waals surface area contributed by atoms with E-state index < -0.39 is 5.91 Å². The largest absolute Gasteiger partial charge is 0.366 e. The molecule has 0 bridgehead atoms. The molecule has 0 saturated carbocycles. The number of amides is 2. The predicted octanol–water partition coefficient (Wildman–Crippen LogP) is 3.14. The molecule has 5 heteroatoms. The van der Waals surface area contributed by atoms with Crippen LogP contribution in [0.3, 0.4) is 0 Å². The Bertz CT molecular complexity index is 758. The van der Waals surface area contributed by atoms with Crippen molar-refractivity contribution in [3.05, 3.63) is 70.2 Å². The number of carbonyl (C=O) groups excluding carboxylic acids is 2. The summed E-state index contributed by atoms with van der Waals surface area (Å²) in [5, 5.41) is 0.625. The van der Waals surface area contributed by atoms with E-state index in [2.05, 4.69) is 0 Å². The summed E-state index contributed by atoms with van der Waals surface area (Å²) in [7, 11) is 0. The van der Waals surface area contributed by atoms with Crippen LogP contribution >= 0.6 is 11.6 Å². The number of likely N-dealkylation sites (tertiary alicyclic amines) is 1. The fourth-order valence-corrected chi connectivity index (χ4v) is 3.27. The lowest BCUT2D eigenvalue weighted by Gasteiger charge is -2.17. The number of hydrogen-bond donors (Lipinski definition) is 1. The Kier molecular flexibility index (Phi) is 4.86. The molecule has 1 atom stereocenters. The molecule has 1 fully saturated rings. The second-order valence-corrected chi connectivity index (χ2v) is 6.62. The molecule has 1 aliphatic rings. The van der Waals surface area contributed by atoms with Crippen LogP contribution in [0.15, 0.2) is 48.5 Å². The van der Waals surface area contributed by atoms with Crippen molar-refractivity contribution in [3.8, 4) is 0 Å². The maximum absolute atomic E-state index is 12.5. The van der Waals surface area contributed by atoms with E-state index >= 15 is 0 Å². The fourth-order valence-electron chi connectivity index (χ4n) is 3.14. The molecule has 1 heterocycles. The summed E-state index contributed by atoms with van der Waals surface area (Å²) in [6.45, 7) is 1.48. The van der Waals surface area contributed by atoms with E-state index in [-0.39, 0.29) is 5.91 Å². The Morgan fingerprint density at radius 1 is 1.12 bits per heavy atom. The molecule has 2 aromatic carbocycles. The zero-order valence-corrected chi connectivity index (χ0v) is 14.0. The average molecular weight is 343 g/mol. The number of nitrogens with two attached hydrogens (primary N) is 1. The number of primary amides is 1. The van der Waals surface area contributed by atoms with Crippen molar-refractivity contribution in [3.63, 3.8) is 0 Å². The standard InChI is InChI=1S/C19H19ClN2O2/c20-17-6-4-15(5-7-17)19(24)22-9-8-14(12-22)10-13-2-1-3-16(11-13)18(21)23/h1-7,11,14H,8-10,12H2,(H2,21,23)/t14-/m1/s1.